The predicted molar refractivity (Wildman–Crippen MR) is 78.3 cm³/mol. The molecule has 0 saturated carbocycles. The summed E-state index contributed by atoms with van der Waals surface area (Å²) >= 11 is 0. The maximum absolute atomic E-state index is 12.5. The molecule has 2 amide bonds. The SMILES string of the molecule is CCCC1C(=O)NC(C(C)C)C(=O)N1CCOC(C)C. The molecular weight excluding hydrogens is 256 g/mol. The first-order valence-electron chi connectivity index (χ1n) is 7.60. The van der Waals surface area contributed by atoms with Crippen molar-refractivity contribution < 1.29 is 14.3 Å². The Morgan fingerprint density at radius 3 is 2.40 bits per heavy atom. The Morgan fingerprint density at radius 2 is 1.90 bits per heavy atom. The van der Waals surface area contributed by atoms with Crippen molar-refractivity contribution in [3.63, 3.8) is 0 Å². The molecule has 116 valence electrons. The number of nitrogens with one attached hydrogen (secondary N) is 1. The zero-order valence-corrected chi connectivity index (χ0v) is 13.3. The Balaban J connectivity index is 2.78. The number of hydrogen-bond donors (Lipinski definition) is 1. The minimum Gasteiger partial charge on any atom is -0.377 e. The summed E-state index contributed by atoms with van der Waals surface area (Å²) in [6.07, 6.45) is 1.71. The second-order valence-electron chi connectivity index (χ2n) is 5.99. The fourth-order valence-electron chi connectivity index (χ4n) is 2.45. The van der Waals surface area contributed by atoms with Gasteiger partial charge in [0.25, 0.3) is 0 Å². The molecular formula is C15H28N2O3. The molecule has 1 aliphatic heterocycles. The van der Waals surface area contributed by atoms with E-state index in [1.165, 1.54) is 0 Å². The van der Waals surface area contributed by atoms with E-state index in [4.69, 9.17) is 4.74 Å². The average molecular weight is 284 g/mol. The topological polar surface area (TPSA) is 58.6 Å². The van der Waals surface area contributed by atoms with Crippen LogP contribution in [-0.2, 0) is 14.3 Å². The van der Waals surface area contributed by atoms with Crippen LogP contribution in [0.5, 0.6) is 0 Å². The average Bonchev–Trinajstić information content (AvgIpc) is 2.36. The Hall–Kier alpha value is -1.10. The third-order valence-electron chi connectivity index (χ3n) is 3.54. The fraction of sp³-hybridized carbons (Fsp3) is 0.867. The molecule has 20 heavy (non-hydrogen) atoms. The van der Waals surface area contributed by atoms with Gasteiger partial charge in [0.05, 0.1) is 12.7 Å². The number of carbonyl (C=O) groups is 2. The van der Waals surface area contributed by atoms with Gasteiger partial charge in [-0.25, -0.2) is 0 Å². The van der Waals surface area contributed by atoms with E-state index in [-0.39, 0.29) is 29.9 Å². The standard InChI is InChI=1S/C15H28N2O3/c1-6-7-12-14(18)16-13(10(2)3)15(19)17(12)8-9-20-11(4)5/h10-13H,6-9H2,1-5H3,(H,16,18). The molecule has 0 aromatic carbocycles. The van der Waals surface area contributed by atoms with Gasteiger partial charge in [-0.1, -0.05) is 27.2 Å². The van der Waals surface area contributed by atoms with Gasteiger partial charge in [0.1, 0.15) is 12.1 Å². The number of ether oxygens (including phenoxy) is 1. The molecule has 1 saturated heterocycles. The Labute approximate surface area is 122 Å². The van der Waals surface area contributed by atoms with E-state index in [1.54, 1.807) is 4.90 Å². The van der Waals surface area contributed by atoms with Crippen LogP contribution in [0.4, 0.5) is 0 Å². The lowest BCUT2D eigenvalue weighted by Gasteiger charge is -2.40. The largest absolute Gasteiger partial charge is 0.377 e. The van der Waals surface area contributed by atoms with Crippen LogP contribution in [-0.4, -0.2) is 48.1 Å². The van der Waals surface area contributed by atoms with Crippen LogP contribution < -0.4 is 5.32 Å². The Bertz CT molecular complexity index is 342. The second kappa shape index (κ2) is 7.62. The number of piperazine rings is 1. The molecule has 2 unspecified atom stereocenters. The molecule has 0 radical (unpaired) electrons. The summed E-state index contributed by atoms with van der Waals surface area (Å²) in [5, 5.41) is 2.86. The summed E-state index contributed by atoms with van der Waals surface area (Å²) in [6, 6.07) is -0.757. The first-order chi connectivity index (χ1) is 9.38. The molecule has 0 aromatic rings. The summed E-state index contributed by atoms with van der Waals surface area (Å²) in [6.45, 7) is 10.8. The van der Waals surface area contributed by atoms with Crippen molar-refractivity contribution in [3.05, 3.63) is 0 Å². The number of amides is 2. The van der Waals surface area contributed by atoms with Crippen molar-refractivity contribution in [3.8, 4) is 0 Å². The molecule has 1 aliphatic rings. The van der Waals surface area contributed by atoms with Crippen molar-refractivity contribution in [2.45, 2.75) is 65.6 Å². The highest BCUT2D eigenvalue weighted by atomic mass is 16.5. The molecule has 2 atom stereocenters. The van der Waals surface area contributed by atoms with Crippen LogP contribution in [0.1, 0.15) is 47.5 Å². The lowest BCUT2D eigenvalue weighted by atomic mass is 9.96. The van der Waals surface area contributed by atoms with Crippen LogP contribution in [0, 0.1) is 5.92 Å². The highest BCUT2D eigenvalue weighted by molar-refractivity contribution is 5.97. The van der Waals surface area contributed by atoms with Crippen LogP contribution >= 0.6 is 0 Å². The third-order valence-corrected chi connectivity index (χ3v) is 3.54. The quantitative estimate of drug-likeness (QED) is 0.772. The molecule has 5 heteroatoms. The van der Waals surface area contributed by atoms with Crippen LogP contribution in [0.15, 0.2) is 0 Å². The highest BCUT2D eigenvalue weighted by Crippen LogP contribution is 2.18. The summed E-state index contributed by atoms with van der Waals surface area (Å²) in [5.41, 5.74) is 0. The first kappa shape index (κ1) is 17.0. The summed E-state index contributed by atoms with van der Waals surface area (Å²) in [4.78, 5) is 26.4. The van der Waals surface area contributed by atoms with E-state index < -0.39 is 6.04 Å². The van der Waals surface area contributed by atoms with E-state index in [1.807, 2.05) is 34.6 Å². The van der Waals surface area contributed by atoms with E-state index in [2.05, 4.69) is 5.32 Å². The normalized spacial score (nSPS) is 23.6. The molecule has 0 spiro atoms. The number of nitrogens with zero attached hydrogens (tertiary/aromatic N) is 1. The second-order valence-corrected chi connectivity index (χ2v) is 5.99. The zero-order valence-electron chi connectivity index (χ0n) is 13.3. The zero-order chi connectivity index (χ0) is 15.3. The lowest BCUT2D eigenvalue weighted by Crippen LogP contribution is -2.65. The fourth-order valence-corrected chi connectivity index (χ4v) is 2.45. The summed E-state index contributed by atoms with van der Waals surface area (Å²) < 4.78 is 5.52. The smallest absolute Gasteiger partial charge is 0.246 e. The Morgan fingerprint density at radius 1 is 1.25 bits per heavy atom. The van der Waals surface area contributed by atoms with Crippen molar-refractivity contribution >= 4 is 11.8 Å². The van der Waals surface area contributed by atoms with Gasteiger partial charge in [-0.2, -0.15) is 0 Å². The van der Waals surface area contributed by atoms with Gasteiger partial charge in [0, 0.05) is 6.54 Å². The van der Waals surface area contributed by atoms with Crippen LogP contribution in [0.25, 0.3) is 0 Å². The van der Waals surface area contributed by atoms with Gasteiger partial charge in [-0.3, -0.25) is 9.59 Å². The molecule has 1 fully saturated rings. The molecule has 1 rings (SSSR count). The van der Waals surface area contributed by atoms with Crippen LogP contribution in [0.2, 0.25) is 0 Å². The minimum absolute atomic E-state index is 0.0189. The van der Waals surface area contributed by atoms with Crippen LogP contribution in [0.3, 0.4) is 0 Å². The van der Waals surface area contributed by atoms with Crippen molar-refractivity contribution in [2.75, 3.05) is 13.2 Å². The van der Waals surface area contributed by atoms with Crippen molar-refractivity contribution in [1.29, 1.82) is 0 Å². The van der Waals surface area contributed by atoms with E-state index in [0.717, 1.165) is 6.42 Å². The predicted octanol–water partition coefficient (Wildman–Crippen LogP) is 1.56. The van der Waals surface area contributed by atoms with E-state index in [9.17, 15) is 9.59 Å². The number of carbonyl (C=O) groups excluding carboxylic acids is 2. The van der Waals surface area contributed by atoms with Gasteiger partial charge >= 0.3 is 0 Å². The molecule has 5 nitrogen and oxygen atoms in total. The van der Waals surface area contributed by atoms with Gasteiger partial charge in [0.2, 0.25) is 11.8 Å². The van der Waals surface area contributed by atoms with E-state index in [0.29, 0.717) is 19.6 Å². The summed E-state index contributed by atoms with van der Waals surface area (Å²) in [7, 11) is 0. The van der Waals surface area contributed by atoms with Crippen molar-refractivity contribution in [2.24, 2.45) is 5.92 Å². The Kier molecular flexibility index (Phi) is 6.46. The maximum atomic E-state index is 12.5. The van der Waals surface area contributed by atoms with Gasteiger partial charge < -0.3 is 15.0 Å². The first-order valence-corrected chi connectivity index (χ1v) is 7.60. The van der Waals surface area contributed by atoms with E-state index >= 15 is 0 Å². The highest BCUT2D eigenvalue weighted by Gasteiger charge is 2.40. The molecule has 0 aromatic heterocycles. The molecule has 1 heterocycles. The minimum atomic E-state index is -0.408. The number of rotatable bonds is 7. The number of hydrogen-bond acceptors (Lipinski definition) is 3. The third kappa shape index (κ3) is 4.20. The van der Waals surface area contributed by atoms with Gasteiger partial charge in [-0.05, 0) is 26.2 Å². The lowest BCUT2D eigenvalue weighted by molar-refractivity contribution is -0.152. The van der Waals surface area contributed by atoms with Gasteiger partial charge in [0.15, 0.2) is 0 Å². The monoisotopic (exact) mass is 284 g/mol. The maximum Gasteiger partial charge on any atom is 0.246 e. The van der Waals surface area contributed by atoms with Crippen molar-refractivity contribution in [1.82, 2.24) is 10.2 Å². The van der Waals surface area contributed by atoms with Gasteiger partial charge in [-0.15, -0.1) is 0 Å². The molecule has 0 bridgehead atoms. The molecule has 1 N–H and O–H groups in total. The summed E-state index contributed by atoms with van der Waals surface area (Å²) in [5.74, 6) is 0.0858. The molecule has 0 aliphatic carbocycles.